The van der Waals surface area contributed by atoms with E-state index in [2.05, 4.69) is 11.7 Å². The minimum Gasteiger partial charge on any atom is -0.456 e. The van der Waals surface area contributed by atoms with Crippen molar-refractivity contribution in [1.29, 1.82) is 0 Å². The van der Waals surface area contributed by atoms with E-state index in [-0.39, 0.29) is 0 Å². The molecule has 0 N–H and O–H groups in total. The van der Waals surface area contributed by atoms with E-state index in [1.807, 2.05) is 12.1 Å². The number of benzene rings is 1. The van der Waals surface area contributed by atoms with E-state index in [4.69, 9.17) is 0 Å². The summed E-state index contributed by atoms with van der Waals surface area (Å²) in [4.78, 5) is 11.7. The summed E-state index contributed by atoms with van der Waals surface area (Å²) in [7, 11) is 0. The molecule has 1 aliphatic rings. The Labute approximate surface area is 156 Å². The van der Waals surface area contributed by atoms with Crippen LogP contribution in [-0.4, -0.2) is 19.0 Å². The van der Waals surface area contributed by atoms with Crippen molar-refractivity contribution in [3.63, 3.8) is 0 Å². The molecule has 0 atom stereocenters. The van der Waals surface area contributed by atoms with Crippen molar-refractivity contribution in [2.24, 2.45) is 5.92 Å². The van der Waals surface area contributed by atoms with Gasteiger partial charge in [0.25, 0.3) is 6.43 Å². The molecule has 0 amide bonds. The Kier molecular flexibility index (Phi) is 9.07. The molecule has 4 heteroatoms. The molecule has 0 unspecified atom stereocenters. The van der Waals surface area contributed by atoms with Crippen molar-refractivity contribution in [2.45, 2.75) is 83.5 Å². The molecular formula is C22H32F2O2. The first-order chi connectivity index (χ1) is 12.6. The van der Waals surface area contributed by atoms with Crippen LogP contribution in [0.4, 0.5) is 8.78 Å². The van der Waals surface area contributed by atoms with Crippen LogP contribution in [0.5, 0.6) is 0 Å². The number of unbranched alkanes of at least 4 members (excludes halogenated alkanes) is 4. The zero-order valence-corrected chi connectivity index (χ0v) is 15.9. The van der Waals surface area contributed by atoms with E-state index in [0.717, 1.165) is 5.92 Å². The zero-order chi connectivity index (χ0) is 18.8. The normalized spacial score (nSPS) is 20.3. The van der Waals surface area contributed by atoms with Crippen molar-refractivity contribution in [3.05, 3.63) is 35.4 Å². The molecule has 2 nitrogen and oxygen atoms in total. The summed E-state index contributed by atoms with van der Waals surface area (Å²) in [5.74, 6) is 0.748. The van der Waals surface area contributed by atoms with Crippen LogP contribution in [0.2, 0.25) is 0 Å². The van der Waals surface area contributed by atoms with E-state index < -0.39 is 19.0 Å². The van der Waals surface area contributed by atoms with E-state index in [1.54, 1.807) is 12.1 Å². The zero-order valence-electron chi connectivity index (χ0n) is 15.9. The fourth-order valence-corrected chi connectivity index (χ4v) is 3.93. The largest absolute Gasteiger partial charge is 0.456 e. The maximum atomic E-state index is 12.1. The van der Waals surface area contributed by atoms with Crippen molar-refractivity contribution >= 4 is 5.97 Å². The van der Waals surface area contributed by atoms with Gasteiger partial charge in [0, 0.05) is 0 Å². The second-order valence-electron chi connectivity index (χ2n) is 7.53. The maximum Gasteiger partial charge on any atom is 0.338 e. The third kappa shape index (κ3) is 7.05. The maximum absolute atomic E-state index is 12.1. The van der Waals surface area contributed by atoms with Gasteiger partial charge in [-0.25, -0.2) is 13.6 Å². The Morgan fingerprint density at radius 3 is 2.31 bits per heavy atom. The van der Waals surface area contributed by atoms with Crippen molar-refractivity contribution in [1.82, 2.24) is 0 Å². The van der Waals surface area contributed by atoms with Gasteiger partial charge in [-0.2, -0.15) is 0 Å². The monoisotopic (exact) mass is 366 g/mol. The molecule has 0 saturated heterocycles. The molecule has 1 aliphatic carbocycles. The predicted molar refractivity (Wildman–Crippen MR) is 101 cm³/mol. The summed E-state index contributed by atoms with van der Waals surface area (Å²) in [5.41, 5.74) is 1.59. The summed E-state index contributed by atoms with van der Waals surface area (Å²) in [5, 5.41) is 0. The molecule has 26 heavy (non-hydrogen) atoms. The van der Waals surface area contributed by atoms with Gasteiger partial charge in [-0.15, -0.1) is 0 Å². The van der Waals surface area contributed by atoms with E-state index in [1.165, 1.54) is 69.8 Å². The van der Waals surface area contributed by atoms with Gasteiger partial charge in [-0.3, -0.25) is 0 Å². The second-order valence-corrected chi connectivity index (χ2v) is 7.53. The predicted octanol–water partition coefficient (Wildman–Crippen LogP) is 6.74. The van der Waals surface area contributed by atoms with Crippen LogP contribution in [0.15, 0.2) is 24.3 Å². The van der Waals surface area contributed by atoms with E-state index in [0.29, 0.717) is 11.5 Å². The van der Waals surface area contributed by atoms with Gasteiger partial charge in [-0.1, -0.05) is 57.6 Å². The minimum atomic E-state index is -2.62. The van der Waals surface area contributed by atoms with Gasteiger partial charge < -0.3 is 4.74 Å². The van der Waals surface area contributed by atoms with Gasteiger partial charge in [-0.05, 0) is 55.2 Å². The average Bonchev–Trinajstić information content (AvgIpc) is 2.66. The summed E-state index contributed by atoms with van der Waals surface area (Å²) in [6.07, 6.45) is 10.5. The summed E-state index contributed by atoms with van der Waals surface area (Å²) < 4.78 is 28.8. The molecule has 146 valence electrons. The molecule has 0 radical (unpaired) electrons. The summed E-state index contributed by atoms with van der Waals surface area (Å²) in [6.45, 7) is 1.41. The topological polar surface area (TPSA) is 26.3 Å². The smallest absolute Gasteiger partial charge is 0.338 e. The number of carbonyl (C=O) groups is 1. The molecule has 1 aromatic rings. The average molecular weight is 366 g/mol. The van der Waals surface area contributed by atoms with Crippen LogP contribution < -0.4 is 0 Å². The molecule has 0 aliphatic heterocycles. The number of rotatable bonds is 10. The molecule has 1 fully saturated rings. The van der Waals surface area contributed by atoms with Gasteiger partial charge in [0.05, 0.1) is 5.56 Å². The first-order valence-corrected chi connectivity index (χ1v) is 10.1. The number of ether oxygens (including phenoxy) is 1. The number of halogens is 2. The highest BCUT2D eigenvalue weighted by Gasteiger charge is 2.22. The lowest BCUT2D eigenvalue weighted by atomic mass is 9.77. The SMILES string of the molecule is CCCCCCC[C@H]1CC[C@H](c2ccc(C(=O)OCC(F)F)cc2)CC1. The van der Waals surface area contributed by atoms with Crippen molar-refractivity contribution in [3.8, 4) is 0 Å². The molecule has 0 heterocycles. The lowest BCUT2D eigenvalue weighted by molar-refractivity contribution is 0.0160. The van der Waals surface area contributed by atoms with Gasteiger partial charge in [0.2, 0.25) is 0 Å². The standard InChI is InChI=1S/C22H32F2O2/c1-2-3-4-5-6-7-17-8-10-18(11-9-17)19-12-14-20(15-13-19)22(25)26-16-21(23)24/h12-15,17-18,21H,2-11,16H2,1H3/t17-,18-. The first-order valence-electron chi connectivity index (χ1n) is 10.1. The van der Waals surface area contributed by atoms with Crippen LogP contribution in [0.25, 0.3) is 0 Å². The van der Waals surface area contributed by atoms with Crippen molar-refractivity contribution in [2.75, 3.05) is 6.61 Å². The Morgan fingerprint density at radius 2 is 1.69 bits per heavy atom. The summed E-state index contributed by atoms with van der Waals surface area (Å²) >= 11 is 0. The lowest BCUT2D eigenvalue weighted by Crippen LogP contribution is -2.14. The highest BCUT2D eigenvalue weighted by molar-refractivity contribution is 5.89. The third-order valence-electron chi connectivity index (χ3n) is 5.52. The molecule has 1 saturated carbocycles. The lowest BCUT2D eigenvalue weighted by Gasteiger charge is -2.29. The second kappa shape index (κ2) is 11.3. The third-order valence-corrected chi connectivity index (χ3v) is 5.52. The van der Waals surface area contributed by atoms with E-state index >= 15 is 0 Å². The highest BCUT2D eigenvalue weighted by atomic mass is 19.3. The van der Waals surface area contributed by atoms with E-state index in [9.17, 15) is 13.6 Å². The van der Waals surface area contributed by atoms with Crippen LogP contribution in [0.3, 0.4) is 0 Å². The Balaban J connectivity index is 1.72. The molecular weight excluding hydrogens is 334 g/mol. The molecule has 0 spiro atoms. The molecule has 0 bridgehead atoms. The van der Waals surface area contributed by atoms with Crippen molar-refractivity contribution < 1.29 is 18.3 Å². The fraction of sp³-hybridized carbons (Fsp3) is 0.682. The highest BCUT2D eigenvalue weighted by Crippen LogP contribution is 2.37. The molecule has 0 aromatic heterocycles. The Hall–Kier alpha value is -1.45. The number of carbonyl (C=O) groups excluding carboxylic acids is 1. The Bertz CT molecular complexity index is 519. The number of hydrogen-bond acceptors (Lipinski definition) is 2. The van der Waals surface area contributed by atoms with Gasteiger partial charge in [0.15, 0.2) is 6.61 Å². The fourth-order valence-electron chi connectivity index (χ4n) is 3.93. The number of alkyl halides is 2. The van der Waals surface area contributed by atoms with Crippen LogP contribution in [0, 0.1) is 5.92 Å². The van der Waals surface area contributed by atoms with Gasteiger partial charge >= 0.3 is 5.97 Å². The molecule has 1 aromatic carbocycles. The number of esters is 1. The first kappa shape index (κ1) is 20.9. The summed E-state index contributed by atoms with van der Waals surface area (Å²) in [6, 6.07) is 7.30. The van der Waals surface area contributed by atoms with Crippen LogP contribution in [-0.2, 0) is 4.74 Å². The van der Waals surface area contributed by atoms with Crippen LogP contribution >= 0.6 is 0 Å². The molecule has 2 rings (SSSR count). The minimum absolute atomic E-state index is 0.343. The quantitative estimate of drug-likeness (QED) is 0.338. The van der Waals surface area contributed by atoms with Crippen LogP contribution in [0.1, 0.15) is 93.0 Å². The number of hydrogen-bond donors (Lipinski definition) is 0. The Morgan fingerprint density at radius 1 is 1.04 bits per heavy atom. The van der Waals surface area contributed by atoms with Gasteiger partial charge in [0.1, 0.15) is 0 Å².